The summed E-state index contributed by atoms with van der Waals surface area (Å²) in [6.07, 6.45) is 2.35. The molecule has 1 unspecified atom stereocenters. The maximum Gasteiger partial charge on any atom is 0.196 e. The first kappa shape index (κ1) is 21.1. The molecule has 8 nitrogen and oxygen atoms in total. The van der Waals surface area contributed by atoms with E-state index in [1.165, 1.54) is 5.57 Å². The van der Waals surface area contributed by atoms with Crippen molar-refractivity contribution in [2.24, 2.45) is 0 Å². The summed E-state index contributed by atoms with van der Waals surface area (Å²) in [5.74, 6) is 1.47. The zero-order chi connectivity index (χ0) is 20.9. The lowest BCUT2D eigenvalue weighted by atomic mass is 10.0. The van der Waals surface area contributed by atoms with E-state index in [0.29, 0.717) is 30.5 Å². The summed E-state index contributed by atoms with van der Waals surface area (Å²) in [5.41, 5.74) is 3.06. The van der Waals surface area contributed by atoms with Crippen molar-refractivity contribution in [1.29, 1.82) is 0 Å². The Balaban J connectivity index is 1.26. The van der Waals surface area contributed by atoms with Crippen molar-refractivity contribution >= 4 is 23.0 Å². The highest BCUT2D eigenvalue weighted by molar-refractivity contribution is 6.30. The molecule has 2 aliphatic rings. The number of aryl methyl sites for hydroxylation is 1. The Labute approximate surface area is 181 Å². The van der Waals surface area contributed by atoms with Crippen molar-refractivity contribution in [3.8, 4) is 5.75 Å². The average molecular weight is 435 g/mol. The molecule has 1 N–H and O–H groups in total. The van der Waals surface area contributed by atoms with Crippen LogP contribution in [0, 0.1) is 6.92 Å². The van der Waals surface area contributed by atoms with E-state index in [4.69, 9.17) is 25.7 Å². The van der Waals surface area contributed by atoms with E-state index in [1.807, 2.05) is 19.1 Å². The lowest BCUT2D eigenvalue weighted by Gasteiger charge is -2.35. The summed E-state index contributed by atoms with van der Waals surface area (Å²) < 4.78 is 16.0. The standard InChI is InChI=1S/C21H27ClN4O4/c1-15-21(24-30-23-15)26-6-4-25(5-7-26)13-19(27)14-29-20-11-17(10-18(22)12-20)16-2-8-28-9-3-16/h2,10-12,19,27H,3-9,13-14H2,1H3. The maximum atomic E-state index is 10.5. The Kier molecular flexibility index (Phi) is 6.89. The Morgan fingerprint density at radius 1 is 1.20 bits per heavy atom. The summed E-state index contributed by atoms with van der Waals surface area (Å²) >= 11 is 6.28. The van der Waals surface area contributed by atoms with Gasteiger partial charge in [-0.25, -0.2) is 4.63 Å². The number of anilines is 1. The molecule has 0 radical (unpaired) electrons. The van der Waals surface area contributed by atoms with Gasteiger partial charge in [-0.15, -0.1) is 0 Å². The van der Waals surface area contributed by atoms with E-state index in [2.05, 4.69) is 26.2 Å². The van der Waals surface area contributed by atoms with Crippen molar-refractivity contribution in [2.45, 2.75) is 19.4 Å². The van der Waals surface area contributed by atoms with E-state index in [-0.39, 0.29) is 6.61 Å². The minimum Gasteiger partial charge on any atom is -0.491 e. The van der Waals surface area contributed by atoms with Crippen LogP contribution in [0.5, 0.6) is 5.75 Å². The Morgan fingerprint density at radius 2 is 2.03 bits per heavy atom. The minimum atomic E-state index is -0.586. The quantitative estimate of drug-likeness (QED) is 0.711. The van der Waals surface area contributed by atoms with Gasteiger partial charge in [0.1, 0.15) is 24.2 Å². The number of nitrogens with zero attached hydrogens (tertiary/aromatic N) is 4. The van der Waals surface area contributed by atoms with E-state index < -0.39 is 6.10 Å². The fourth-order valence-corrected chi connectivity index (χ4v) is 4.04. The maximum absolute atomic E-state index is 10.5. The van der Waals surface area contributed by atoms with Gasteiger partial charge in [0.15, 0.2) is 5.82 Å². The van der Waals surface area contributed by atoms with Gasteiger partial charge in [-0.1, -0.05) is 22.8 Å². The van der Waals surface area contributed by atoms with Crippen molar-refractivity contribution in [3.05, 3.63) is 40.6 Å². The highest BCUT2D eigenvalue weighted by atomic mass is 35.5. The van der Waals surface area contributed by atoms with Gasteiger partial charge in [-0.2, -0.15) is 0 Å². The van der Waals surface area contributed by atoms with Crippen molar-refractivity contribution in [2.75, 3.05) is 57.4 Å². The second kappa shape index (κ2) is 9.78. The van der Waals surface area contributed by atoms with Crippen LogP contribution in [0.1, 0.15) is 17.7 Å². The molecule has 0 amide bonds. The Hall–Kier alpha value is -2.13. The SMILES string of the molecule is Cc1nonc1N1CCN(CC(O)COc2cc(Cl)cc(C3=CCOCC3)c2)CC1. The molecule has 1 saturated heterocycles. The normalized spacial score (nSPS) is 18.9. The predicted octanol–water partition coefficient (Wildman–Crippen LogP) is 2.40. The number of halogens is 1. The van der Waals surface area contributed by atoms with Crippen molar-refractivity contribution in [1.82, 2.24) is 15.2 Å². The van der Waals surface area contributed by atoms with Crippen LogP contribution in [0.4, 0.5) is 5.82 Å². The molecule has 1 atom stereocenters. The van der Waals surface area contributed by atoms with Crippen LogP contribution in [-0.2, 0) is 4.74 Å². The molecule has 2 aromatic rings. The molecule has 162 valence electrons. The number of β-amino-alcohol motifs (C(OH)–C–C–N with tert-alkyl or cyclic N) is 1. The fourth-order valence-electron chi connectivity index (χ4n) is 3.82. The number of benzene rings is 1. The zero-order valence-corrected chi connectivity index (χ0v) is 17.8. The Bertz CT molecular complexity index is 880. The highest BCUT2D eigenvalue weighted by Crippen LogP contribution is 2.29. The first-order valence-electron chi connectivity index (χ1n) is 10.2. The number of aliphatic hydroxyl groups is 1. The van der Waals surface area contributed by atoms with Crippen LogP contribution in [0.3, 0.4) is 0 Å². The van der Waals surface area contributed by atoms with Crippen LogP contribution in [0.25, 0.3) is 5.57 Å². The molecule has 0 aliphatic carbocycles. The number of aromatic nitrogens is 2. The molecule has 1 aromatic heterocycles. The summed E-state index contributed by atoms with van der Waals surface area (Å²) in [4.78, 5) is 4.38. The number of piperazine rings is 1. The fraction of sp³-hybridized carbons (Fsp3) is 0.524. The summed E-state index contributed by atoms with van der Waals surface area (Å²) in [5, 5.41) is 18.9. The monoisotopic (exact) mass is 434 g/mol. The van der Waals surface area contributed by atoms with Gasteiger partial charge in [0.2, 0.25) is 0 Å². The molecule has 3 heterocycles. The molecule has 1 aromatic carbocycles. The largest absolute Gasteiger partial charge is 0.491 e. The number of aliphatic hydroxyl groups excluding tert-OH is 1. The van der Waals surface area contributed by atoms with Crippen LogP contribution in [0.2, 0.25) is 5.02 Å². The van der Waals surface area contributed by atoms with Gasteiger partial charge in [0.25, 0.3) is 0 Å². The second-order valence-corrected chi connectivity index (χ2v) is 8.09. The third-order valence-electron chi connectivity index (χ3n) is 5.42. The van der Waals surface area contributed by atoms with Gasteiger partial charge < -0.3 is 19.5 Å². The Morgan fingerprint density at radius 3 is 2.73 bits per heavy atom. The van der Waals surface area contributed by atoms with E-state index in [0.717, 1.165) is 49.7 Å². The van der Waals surface area contributed by atoms with Gasteiger partial charge >= 0.3 is 0 Å². The summed E-state index contributed by atoms with van der Waals surface area (Å²) in [7, 11) is 0. The number of rotatable bonds is 7. The predicted molar refractivity (Wildman–Crippen MR) is 114 cm³/mol. The topological polar surface area (TPSA) is 84.1 Å². The van der Waals surface area contributed by atoms with Gasteiger partial charge in [0.05, 0.1) is 13.2 Å². The van der Waals surface area contributed by atoms with E-state index in [1.54, 1.807) is 6.07 Å². The first-order chi connectivity index (χ1) is 14.6. The first-order valence-corrected chi connectivity index (χ1v) is 10.6. The lowest BCUT2D eigenvalue weighted by Crippen LogP contribution is -2.49. The summed E-state index contributed by atoms with van der Waals surface area (Å²) in [6, 6.07) is 5.70. The molecule has 0 bridgehead atoms. The lowest BCUT2D eigenvalue weighted by molar-refractivity contribution is 0.0662. The van der Waals surface area contributed by atoms with Crippen LogP contribution < -0.4 is 9.64 Å². The zero-order valence-electron chi connectivity index (χ0n) is 17.1. The number of hydrogen-bond acceptors (Lipinski definition) is 8. The highest BCUT2D eigenvalue weighted by Gasteiger charge is 2.23. The molecule has 2 aliphatic heterocycles. The van der Waals surface area contributed by atoms with Gasteiger partial charge in [-0.3, -0.25) is 4.90 Å². The molecule has 0 saturated carbocycles. The van der Waals surface area contributed by atoms with E-state index >= 15 is 0 Å². The molecule has 9 heteroatoms. The van der Waals surface area contributed by atoms with Gasteiger partial charge in [0, 0.05) is 37.7 Å². The molecule has 1 fully saturated rings. The second-order valence-electron chi connectivity index (χ2n) is 7.66. The third kappa shape index (κ3) is 5.31. The minimum absolute atomic E-state index is 0.217. The smallest absolute Gasteiger partial charge is 0.196 e. The number of ether oxygens (including phenoxy) is 2. The van der Waals surface area contributed by atoms with Crippen molar-refractivity contribution < 1.29 is 19.2 Å². The average Bonchev–Trinajstić information content (AvgIpc) is 3.19. The molecule has 30 heavy (non-hydrogen) atoms. The van der Waals surface area contributed by atoms with Crippen LogP contribution >= 0.6 is 11.6 Å². The molecular formula is C21H27ClN4O4. The van der Waals surface area contributed by atoms with E-state index in [9.17, 15) is 5.11 Å². The molecular weight excluding hydrogens is 408 g/mol. The van der Waals surface area contributed by atoms with Crippen LogP contribution in [-0.4, -0.2) is 79.0 Å². The van der Waals surface area contributed by atoms with Crippen LogP contribution in [0.15, 0.2) is 28.9 Å². The molecule has 4 rings (SSSR count). The molecule has 0 spiro atoms. The summed E-state index contributed by atoms with van der Waals surface area (Å²) in [6.45, 7) is 7.30. The third-order valence-corrected chi connectivity index (χ3v) is 5.64. The van der Waals surface area contributed by atoms with Gasteiger partial charge in [-0.05, 0) is 47.8 Å². The number of hydrogen-bond donors (Lipinski definition) is 1. The van der Waals surface area contributed by atoms with Crippen molar-refractivity contribution in [3.63, 3.8) is 0 Å².